The third-order valence-corrected chi connectivity index (χ3v) is 7.43. The molecule has 8 heteroatoms. The Morgan fingerprint density at radius 3 is 2.49 bits per heavy atom. The predicted octanol–water partition coefficient (Wildman–Crippen LogP) is 5.61. The second kappa shape index (κ2) is 9.52. The Kier molecular flexibility index (Phi) is 6.24. The average molecular weight is 553 g/mol. The summed E-state index contributed by atoms with van der Waals surface area (Å²) in [5.41, 5.74) is 4.95. The van der Waals surface area contributed by atoms with E-state index in [2.05, 4.69) is 31.9 Å². The van der Waals surface area contributed by atoms with Gasteiger partial charge in [-0.2, -0.15) is 5.26 Å². The van der Waals surface area contributed by atoms with Gasteiger partial charge in [0.1, 0.15) is 5.57 Å². The van der Waals surface area contributed by atoms with E-state index < -0.39 is 17.8 Å². The van der Waals surface area contributed by atoms with Gasteiger partial charge in [-0.3, -0.25) is 14.9 Å². The summed E-state index contributed by atoms with van der Waals surface area (Å²) in [7, 11) is 0. The number of aryl methyl sites for hydroxylation is 1. The van der Waals surface area contributed by atoms with Crippen molar-refractivity contribution in [3.8, 4) is 6.07 Å². The van der Waals surface area contributed by atoms with Crippen molar-refractivity contribution in [1.29, 1.82) is 5.26 Å². The molecule has 1 N–H and O–H groups in total. The molecule has 0 bridgehead atoms. The Hall–Kier alpha value is -4.48. The van der Waals surface area contributed by atoms with Crippen molar-refractivity contribution in [2.24, 2.45) is 0 Å². The Balaban J connectivity index is 1.63. The van der Waals surface area contributed by atoms with Crippen LogP contribution in [-0.4, -0.2) is 22.4 Å². The summed E-state index contributed by atoms with van der Waals surface area (Å²) < 4.78 is 2.90. The molecule has 0 radical (unpaired) electrons. The van der Waals surface area contributed by atoms with Crippen LogP contribution in [0.15, 0.2) is 76.8 Å². The molecule has 1 aromatic heterocycles. The molecule has 3 aromatic carbocycles. The van der Waals surface area contributed by atoms with Gasteiger partial charge in [0.05, 0.1) is 17.3 Å². The lowest BCUT2D eigenvalue weighted by atomic mass is 10.0. The quantitative estimate of drug-likeness (QED) is 0.263. The number of aromatic nitrogens is 1. The number of benzene rings is 3. The van der Waals surface area contributed by atoms with Crippen LogP contribution >= 0.6 is 15.9 Å². The fraction of sp³-hybridized carbons (Fsp3) is 0.103. The highest BCUT2D eigenvalue weighted by Crippen LogP contribution is 2.31. The molecule has 1 aliphatic heterocycles. The molecular formula is C29H21BrN4O3. The number of para-hydroxylation sites is 1. The number of nitrogens with one attached hydrogen (secondary N) is 1. The standard InChI is InChI=1S/C29H21BrN4O3/c1-17-13-21(11-12-25(17)30)34-28(36)24(27(35)32-29(34)37)14-23-18(2)33(26-10-6-5-9-22(23)26)16-20-8-4-3-7-19(20)15-31/h3-14H,16H2,1-2H3,(H,32,35,37)/b24-14-. The van der Waals surface area contributed by atoms with Gasteiger partial charge in [0.25, 0.3) is 11.8 Å². The first-order chi connectivity index (χ1) is 17.8. The van der Waals surface area contributed by atoms with Crippen LogP contribution in [0.2, 0.25) is 0 Å². The monoisotopic (exact) mass is 552 g/mol. The van der Waals surface area contributed by atoms with Crippen molar-refractivity contribution in [2.75, 3.05) is 4.90 Å². The van der Waals surface area contributed by atoms with Crippen LogP contribution in [-0.2, 0) is 16.1 Å². The summed E-state index contributed by atoms with van der Waals surface area (Å²) >= 11 is 3.43. The number of barbiturate groups is 1. The summed E-state index contributed by atoms with van der Waals surface area (Å²) in [5, 5.41) is 12.7. The van der Waals surface area contributed by atoms with Gasteiger partial charge in [-0.15, -0.1) is 0 Å². The van der Waals surface area contributed by atoms with Crippen molar-refractivity contribution in [2.45, 2.75) is 20.4 Å². The van der Waals surface area contributed by atoms with Crippen molar-refractivity contribution >= 4 is 56.4 Å². The fourth-order valence-corrected chi connectivity index (χ4v) is 4.83. The molecule has 0 saturated carbocycles. The minimum atomic E-state index is -0.791. The molecule has 1 aliphatic rings. The number of urea groups is 1. The predicted molar refractivity (Wildman–Crippen MR) is 145 cm³/mol. The fourth-order valence-electron chi connectivity index (χ4n) is 4.59. The molecule has 4 amide bonds. The Morgan fingerprint density at radius 2 is 1.73 bits per heavy atom. The number of halogens is 1. The van der Waals surface area contributed by atoms with Crippen molar-refractivity contribution < 1.29 is 14.4 Å². The van der Waals surface area contributed by atoms with E-state index >= 15 is 0 Å². The Bertz CT molecular complexity index is 1690. The van der Waals surface area contributed by atoms with E-state index in [0.717, 1.165) is 37.1 Å². The molecule has 0 unspecified atom stereocenters. The summed E-state index contributed by atoms with van der Waals surface area (Å²) in [5.74, 6) is -1.44. The lowest BCUT2D eigenvalue weighted by Gasteiger charge is -2.26. The zero-order valence-corrected chi connectivity index (χ0v) is 21.7. The minimum Gasteiger partial charge on any atom is -0.340 e. The van der Waals surface area contributed by atoms with Gasteiger partial charge in [0, 0.05) is 33.2 Å². The summed E-state index contributed by atoms with van der Waals surface area (Å²) in [6.45, 7) is 4.21. The number of nitrogens with zero attached hydrogens (tertiary/aromatic N) is 3. The number of rotatable bonds is 4. The van der Waals surface area contributed by atoms with Gasteiger partial charge in [-0.25, -0.2) is 9.69 Å². The highest BCUT2D eigenvalue weighted by molar-refractivity contribution is 9.10. The molecule has 7 nitrogen and oxygen atoms in total. The van der Waals surface area contributed by atoms with Crippen LogP contribution in [0.25, 0.3) is 17.0 Å². The molecule has 1 fully saturated rings. The van der Waals surface area contributed by atoms with Crippen LogP contribution in [0.3, 0.4) is 0 Å². The molecule has 2 heterocycles. The van der Waals surface area contributed by atoms with Crippen LogP contribution in [0.5, 0.6) is 0 Å². The molecule has 182 valence electrons. The number of carbonyl (C=O) groups excluding carboxylic acids is 3. The van der Waals surface area contributed by atoms with Crippen molar-refractivity contribution in [3.63, 3.8) is 0 Å². The van der Waals surface area contributed by atoms with Gasteiger partial charge in [0.15, 0.2) is 0 Å². The lowest BCUT2D eigenvalue weighted by molar-refractivity contribution is -0.122. The van der Waals surface area contributed by atoms with Crippen LogP contribution < -0.4 is 10.2 Å². The van der Waals surface area contributed by atoms with E-state index in [-0.39, 0.29) is 5.57 Å². The number of carbonyl (C=O) groups is 3. The van der Waals surface area contributed by atoms with E-state index in [1.807, 2.05) is 56.3 Å². The number of hydrogen-bond acceptors (Lipinski definition) is 4. The molecule has 0 atom stereocenters. The van der Waals surface area contributed by atoms with Gasteiger partial charge >= 0.3 is 6.03 Å². The zero-order valence-electron chi connectivity index (χ0n) is 20.1. The number of imide groups is 2. The topological polar surface area (TPSA) is 95.2 Å². The number of nitriles is 1. The normalized spacial score (nSPS) is 14.8. The van der Waals surface area contributed by atoms with Crippen LogP contribution in [0, 0.1) is 25.2 Å². The van der Waals surface area contributed by atoms with Gasteiger partial charge < -0.3 is 4.57 Å². The van der Waals surface area contributed by atoms with Crippen molar-refractivity contribution in [3.05, 3.63) is 105 Å². The zero-order chi connectivity index (χ0) is 26.3. The smallest absolute Gasteiger partial charge is 0.335 e. The maximum atomic E-state index is 13.5. The summed E-state index contributed by atoms with van der Waals surface area (Å²) in [6.07, 6.45) is 1.55. The second-order valence-corrected chi connectivity index (χ2v) is 9.62. The molecule has 0 aliphatic carbocycles. The number of amides is 4. The number of hydrogen-bond donors (Lipinski definition) is 1. The molecule has 5 rings (SSSR count). The van der Waals surface area contributed by atoms with E-state index in [0.29, 0.717) is 23.4 Å². The van der Waals surface area contributed by atoms with Crippen LogP contribution in [0.4, 0.5) is 10.5 Å². The minimum absolute atomic E-state index is 0.136. The number of fused-ring (bicyclic) bond motifs is 1. The molecular weight excluding hydrogens is 532 g/mol. The Morgan fingerprint density at radius 1 is 1.00 bits per heavy atom. The molecule has 4 aromatic rings. The first-order valence-corrected chi connectivity index (χ1v) is 12.3. The first kappa shape index (κ1) is 24.2. The van der Waals surface area contributed by atoms with E-state index in [1.165, 1.54) is 0 Å². The highest BCUT2D eigenvalue weighted by Gasteiger charge is 2.37. The summed E-state index contributed by atoms with van der Waals surface area (Å²) in [4.78, 5) is 40.0. The third-order valence-electron chi connectivity index (χ3n) is 6.54. The SMILES string of the molecule is Cc1cc(N2C(=O)NC(=O)/C(=C/c3c(C)n(Cc4ccccc4C#N)c4ccccc34)C2=O)ccc1Br. The average Bonchev–Trinajstić information content (AvgIpc) is 3.14. The molecule has 37 heavy (non-hydrogen) atoms. The summed E-state index contributed by atoms with van der Waals surface area (Å²) in [6, 6.07) is 21.6. The third kappa shape index (κ3) is 4.24. The Labute approximate surface area is 221 Å². The maximum Gasteiger partial charge on any atom is 0.335 e. The van der Waals surface area contributed by atoms with Gasteiger partial charge in [-0.05, 0) is 61.4 Å². The van der Waals surface area contributed by atoms with Gasteiger partial charge in [0.2, 0.25) is 0 Å². The van der Waals surface area contributed by atoms with Gasteiger partial charge in [-0.1, -0.05) is 52.3 Å². The molecule has 0 spiro atoms. The highest BCUT2D eigenvalue weighted by atomic mass is 79.9. The number of anilines is 1. The van der Waals surface area contributed by atoms with E-state index in [1.54, 1.807) is 30.3 Å². The molecule has 1 saturated heterocycles. The lowest BCUT2D eigenvalue weighted by Crippen LogP contribution is -2.54. The van der Waals surface area contributed by atoms with Crippen LogP contribution in [0.1, 0.15) is 27.9 Å². The van der Waals surface area contributed by atoms with E-state index in [9.17, 15) is 19.6 Å². The largest absolute Gasteiger partial charge is 0.340 e. The first-order valence-electron chi connectivity index (χ1n) is 11.5. The second-order valence-electron chi connectivity index (χ2n) is 8.76. The van der Waals surface area contributed by atoms with E-state index in [4.69, 9.17) is 0 Å². The maximum absolute atomic E-state index is 13.5. The van der Waals surface area contributed by atoms with Crippen molar-refractivity contribution in [1.82, 2.24) is 9.88 Å².